The van der Waals surface area contributed by atoms with Crippen LogP contribution in [0.4, 0.5) is 17.1 Å². The smallest absolute Gasteiger partial charge is 0.250 e. The first-order chi connectivity index (χ1) is 10.1. The Kier molecular flexibility index (Phi) is 3.16. The van der Waals surface area contributed by atoms with Crippen LogP contribution in [0, 0.1) is 0 Å². The number of amides is 1. The molecule has 5 N–H and O–H groups in total. The van der Waals surface area contributed by atoms with E-state index in [0.29, 0.717) is 11.3 Å². The van der Waals surface area contributed by atoms with Gasteiger partial charge < -0.3 is 16.8 Å². The van der Waals surface area contributed by atoms with Gasteiger partial charge in [0.1, 0.15) is 0 Å². The highest BCUT2D eigenvalue weighted by atomic mass is 16.1. The van der Waals surface area contributed by atoms with Crippen LogP contribution in [0.5, 0.6) is 0 Å². The molecule has 0 aliphatic rings. The summed E-state index contributed by atoms with van der Waals surface area (Å²) in [6, 6.07) is 14.8. The molecule has 104 valence electrons. The van der Waals surface area contributed by atoms with Crippen molar-refractivity contribution < 1.29 is 4.79 Å². The van der Waals surface area contributed by atoms with Crippen molar-refractivity contribution in [3.63, 3.8) is 0 Å². The molecule has 1 heterocycles. The first-order valence-electron chi connectivity index (χ1n) is 6.45. The number of benzene rings is 2. The molecule has 1 aromatic heterocycles. The second kappa shape index (κ2) is 5.13. The molecular formula is C16H14N4O. The van der Waals surface area contributed by atoms with Gasteiger partial charge >= 0.3 is 0 Å². The molecule has 3 rings (SSSR count). The molecule has 3 aromatic rings. The minimum Gasteiger partial charge on any atom is -0.398 e. The molecule has 5 heteroatoms. The minimum absolute atomic E-state index is 0.304. The van der Waals surface area contributed by atoms with Gasteiger partial charge in [-0.25, -0.2) is 0 Å². The van der Waals surface area contributed by atoms with Crippen molar-refractivity contribution in [3.05, 3.63) is 60.3 Å². The number of fused-ring (bicyclic) bond motifs is 1. The standard InChI is InChI=1S/C16H14N4O/c17-13-7-6-10(9-12(13)16(18)21)20-15-5-1-4-14-11(15)3-2-8-19-14/h1-9,20H,17H2,(H2,18,21). The summed E-state index contributed by atoms with van der Waals surface area (Å²) in [5.74, 6) is -0.546. The monoisotopic (exact) mass is 278 g/mol. The van der Waals surface area contributed by atoms with Crippen LogP contribution in [-0.4, -0.2) is 10.9 Å². The number of nitrogens with zero attached hydrogens (tertiary/aromatic N) is 1. The van der Waals surface area contributed by atoms with E-state index < -0.39 is 5.91 Å². The third kappa shape index (κ3) is 2.49. The summed E-state index contributed by atoms with van der Waals surface area (Å²) < 4.78 is 0. The van der Waals surface area contributed by atoms with Crippen LogP contribution in [0.15, 0.2) is 54.7 Å². The molecule has 0 unspecified atom stereocenters. The number of pyridine rings is 1. The Hall–Kier alpha value is -3.08. The van der Waals surface area contributed by atoms with Crippen LogP contribution in [-0.2, 0) is 0 Å². The molecule has 21 heavy (non-hydrogen) atoms. The zero-order valence-corrected chi connectivity index (χ0v) is 11.2. The number of hydrogen-bond acceptors (Lipinski definition) is 4. The summed E-state index contributed by atoms with van der Waals surface area (Å²) in [4.78, 5) is 15.7. The number of carbonyl (C=O) groups excluding carboxylic acids is 1. The van der Waals surface area contributed by atoms with Gasteiger partial charge in [-0.1, -0.05) is 6.07 Å². The average molecular weight is 278 g/mol. The molecular weight excluding hydrogens is 264 g/mol. The summed E-state index contributed by atoms with van der Waals surface area (Å²) in [7, 11) is 0. The zero-order valence-electron chi connectivity index (χ0n) is 11.2. The maximum atomic E-state index is 11.3. The molecule has 5 nitrogen and oxygen atoms in total. The predicted molar refractivity (Wildman–Crippen MR) is 84.4 cm³/mol. The second-order valence-electron chi connectivity index (χ2n) is 4.67. The van der Waals surface area contributed by atoms with Crippen molar-refractivity contribution >= 4 is 33.9 Å². The zero-order chi connectivity index (χ0) is 14.8. The number of primary amides is 1. The summed E-state index contributed by atoms with van der Waals surface area (Å²) >= 11 is 0. The van der Waals surface area contributed by atoms with E-state index in [0.717, 1.165) is 22.3 Å². The lowest BCUT2D eigenvalue weighted by atomic mass is 10.1. The van der Waals surface area contributed by atoms with E-state index in [9.17, 15) is 4.79 Å². The number of hydrogen-bond donors (Lipinski definition) is 3. The van der Waals surface area contributed by atoms with Crippen LogP contribution in [0.1, 0.15) is 10.4 Å². The summed E-state index contributed by atoms with van der Waals surface area (Å²) in [6.45, 7) is 0. The van der Waals surface area contributed by atoms with Crippen molar-refractivity contribution in [2.45, 2.75) is 0 Å². The van der Waals surface area contributed by atoms with Gasteiger partial charge in [0.2, 0.25) is 0 Å². The third-order valence-corrected chi connectivity index (χ3v) is 3.24. The van der Waals surface area contributed by atoms with Gasteiger partial charge in [-0.05, 0) is 42.5 Å². The van der Waals surface area contributed by atoms with Gasteiger partial charge in [0, 0.05) is 28.6 Å². The largest absolute Gasteiger partial charge is 0.398 e. The van der Waals surface area contributed by atoms with Crippen LogP contribution in [0.2, 0.25) is 0 Å². The van der Waals surface area contributed by atoms with Crippen molar-refractivity contribution in [2.75, 3.05) is 11.1 Å². The summed E-state index contributed by atoms with van der Waals surface area (Å²) in [5, 5.41) is 4.26. The van der Waals surface area contributed by atoms with Crippen LogP contribution < -0.4 is 16.8 Å². The van der Waals surface area contributed by atoms with Crippen LogP contribution in [0.25, 0.3) is 10.9 Å². The molecule has 0 atom stereocenters. The number of aromatic nitrogens is 1. The maximum absolute atomic E-state index is 11.3. The van der Waals surface area contributed by atoms with E-state index >= 15 is 0 Å². The van der Waals surface area contributed by atoms with E-state index in [1.54, 1.807) is 24.4 Å². The minimum atomic E-state index is -0.546. The molecule has 0 fully saturated rings. The Morgan fingerprint density at radius 1 is 1.10 bits per heavy atom. The third-order valence-electron chi connectivity index (χ3n) is 3.24. The van der Waals surface area contributed by atoms with E-state index in [1.807, 2.05) is 30.3 Å². The number of nitrogen functional groups attached to an aromatic ring is 1. The normalized spacial score (nSPS) is 10.5. The first kappa shape index (κ1) is 12.9. The Labute approximate surface area is 121 Å². The summed E-state index contributed by atoms with van der Waals surface area (Å²) in [5.41, 5.74) is 14.3. The molecule has 0 radical (unpaired) electrons. The van der Waals surface area contributed by atoms with E-state index in [4.69, 9.17) is 11.5 Å². The van der Waals surface area contributed by atoms with Crippen molar-refractivity contribution in [3.8, 4) is 0 Å². The molecule has 0 saturated heterocycles. The number of carbonyl (C=O) groups is 1. The molecule has 0 aliphatic heterocycles. The lowest BCUT2D eigenvalue weighted by molar-refractivity contribution is 0.100. The fourth-order valence-corrected chi connectivity index (χ4v) is 2.22. The fourth-order valence-electron chi connectivity index (χ4n) is 2.22. The molecule has 0 aliphatic carbocycles. The molecule has 0 saturated carbocycles. The Morgan fingerprint density at radius 2 is 1.95 bits per heavy atom. The van der Waals surface area contributed by atoms with Gasteiger partial charge in [0.25, 0.3) is 5.91 Å². The van der Waals surface area contributed by atoms with Gasteiger partial charge in [-0.2, -0.15) is 0 Å². The lowest BCUT2D eigenvalue weighted by Gasteiger charge is -2.11. The highest BCUT2D eigenvalue weighted by Crippen LogP contribution is 2.26. The van der Waals surface area contributed by atoms with Crippen molar-refractivity contribution in [1.29, 1.82) is 0 Å². The number of nitrogens with one attached hydrogen (secondary N) is 1. The average Bonchev–Trinajstić information content (AvgIpc) is 2.49. The molecule has 2 aromatic carbocycles. The number of nitrogens with two attached hydrogens (primary N) is 2. The second-order valence-corrected chi connectivity index (χ2v) is 4.67. The lowest BCUT2D eigenvalue weighted by Crippen LogP contribution is -2.13. The van der Waals surface area contributed by atoms with Crippen LogP contribution >= 0.6 is 0 Å². The highest BCUT2D eigenvalue weighted by Gasteiger charge is 2.08. The van der Waals surface area contributed by atoms with Crippen molar-refractivity contribution in [2.24, 2.45) is 5.73 Å². The quantitative estimate of drug-likeness (QED) is 0.642. The maximum Gasteiger partial charge on any atom is 0.250 e. The molecule has 0 bridgehead atoms. The van der Waals surface area contributed by atoms with Gasteiger partial charge in [0.05, 0.1) is 11.1 Å². The fraction of sp³-hybridized carbons (Fsp3) is 0. The molecule has 0 spiro atoms. The van der Waals surface area contributed by atoms with Gasteiger partial charge in [-0.15, -0.1) is 0 Å². The first-order valence-corrected chi connectivity index (χ1v) is 6.45. The summed E-state index contributed by atoms with van der Waals surface area (Å²) in [6.07, 6.45) is 1.75. The SMILES string of the molecule is NC(=O)c1cc(Nc2cccc3ncccc23)ccc1N. The van der Waals surface area contributed by atoms with Crippen molar-refractivity contribution in [1.82, 2.24) is 4.98 Å². The number of rotatable bonds is 3. The molecule has 1 amide bonds. The van der Waals surface area contributed by atoms with Gasteiger partial charge in [-0.3, -0.25) is 9.78 Å². The Bertz CT molecular complexity index is 824. The predicted octanol–water partition coefficient (Wildman–Crippen LogP) is 2.66. The van der Waals surface area contributed by atoms with E-state index in [-0.39, 0.29) is 0 Å². The Balaban J connectivity index is 2.03. The van der Waals surface area contributed by atoms with E-state index in [2.05, 4.69) is 10.3 Å². The van der Waals surface area contributed by atoms with E-state index in [1.165, 1.54) is 0 Å². The topological polar surface area (TPSA) is 94.0 Å². The van der Waals surface area contributed by atoms with Gasteiger partial charge in [0.15, 0.2) is 0 Å². The van der Waals surface area contributed by atoms with Crippen LogP contribution in [0.3, 0.4) is 0 Å². The number of anilines is 3. The Morgan fingerprint density at radius 3 is 2.76 bits per heavy atom. The highest BCUT2D eigenvalue weighted by molar-refractivity contribution is 5.99.